The molecule has 1 unspecified atom stereocenters. The van der Waals surface area contributed by atoms with Crippen LogP contribution in [0.25, 0.3) is 5.95 Å². The largest absolute Gasteiger partial charge is 0.444 e. The van der Waals surface area contributed by atoms with Crippen LogP contribution in [0.1, 0.15) is 51.0 Å². The highest BCUT2D eigenvalue weighted by Gasteiger charge is 2.28. The Balaban J connectivity index is 1.64. The van der Waals surface area contributed by atoms with Crippen molar-refractivity contribution in [1.82, 2.24) is 29.7 Å². The summed E-state index contributed by atoms with van der Waals surface area (Å²) in [5.74, 6) is 0.640. The predicted octanol–water partition coefficient (Wildman–Crippen LogP) is 2.63. The fourth-order valence-corrected chi connectivity index (χ4v) is 3.28. The van der Waals surface area contributed by atoms with E-state index in [0.29, 0.717) is 12.5 Å². The molecule has 0 aliphatic carbocycles. The molecule has 0 bridgehead atoms. The summed E-state index contributed by atoms with van der Waals surface area (Å²) in [4.78, 5) is 27.5. The molecule has 0 spiro atoms. The first kappa shape index (κ1) is 19.3. The number of hydrogen-bond acceptors (Lipinski definition) is 6. The van der Waals surface area contributed by atoms with Gasteiger partial charge in [0.05, 0.1) is 11.7 Å². The van der Waals surface area contributed by atoms with Crippen molar-refractivity contribution >= 4 is 6.09 Å². The third-order valence-corrected chi connectivity index (χ3v) is 4.37. The predicted molar refractivity (Wildman–Crippen MR) is 102 cm³/mol. The fraction of sp³-hybridized carbons (Fsp3) is 0.579. The highest BCUT2D eigenvalue weighted by atomic mass is 16.6. The second kappa shape index (κ2) is 8.04. The molecule has 1 atom stereocenters. The minimum Gasteiger partial charge on any atom is -0.444 e. The third kappa shape index (κ3) is 5.26. The second-order valence-corrected chi connectivity index (χ2v) is 7.83. The molecule has 8 heteroatoms. The lowest BCUT2D eigenvalue weighted by Gasteiger charge is -2.25. The molecule has 3 rings (SSSR count). The van der Waals surface area contributed by atoms with Crippen molar-refractivity contribution in [3.8, 4) is 5.95 Å². The average molecular weight is 372 g/mol. The van der Waals surface area contributed by atoms with Gasteiger partial charge in [0, 0.05) is 31.2 Å². The van der Waals surface area contributed by atoms with Crippen LogP contribution < -0.4 is 5.32 Å². The number of nitrogens with one attached hydrogen (secondary N) is 1. The van der Waals surface area contributed by atoms with Crippen molar-refractivity contribution in [2.24, 2.45) is 0 Å². The number of nitrogens with zero attached hydrogens (tertiary/aromatic N) is 5. The summed E-state index contributed by atoms with van der Waals surface area (Å²) in [6.45, 7) is 9.85. The van der Waals surface area contributed by atoms with Crippen LogP contribution in [-0.4, -0.2) is 55.7 Å². The van der Waals surface area contributed by atoms with Gasteiger partial charge in [-0.2, -0.15) is 0 Å². The summed E-state index contributed by atoms with van der Waals surface area (Å²) in [5, 5.41) is 2.84. The van der Waals surface area contributed by atoms with E-state index in [-0.39, 0.29) is 12.1 Å². The standard InChI is InChI=1S/C19H28N6O2/c1-14-12-15(23-17(22-14)25-10-7-20-13-25)16-6-5-9-24(16)11-8-21-18(26)27-19(2,3)4/h7,10,12-13,16H,5-6,8-9,11H2,1-4H3,(H,21,26). The number of amides is 1. The lowest BCUT2D eigenvalue weighted by atomic mass is 10.1. The SMILES string of the molecule is Cc1cc(C2CCCN2CCNC(=O)OC(C)(C)C)nc(-n2ccnc2)n1. The molecular weight excluding hydrogens is 344 g/mol. The first-order valence-electron chi connectivity index (χ1n) is 9.37. The Bertz CT molecular complexity index is 769. The van der Waals surface area contributed by atoms with Crippen LogP contribution in [0.15, 0.2) is 24.8 Å². The Labute approximate surface area is 160 Å². The molecule has 0 saturated carbocycles. The first-order valence-corrected chi connectivity index (χ1v) is 9.37. The van der Waals surface area contributed by atoms with Gasteiger partial charge in [0.25, 0.3) is 0 Å². The summed E-state index contributed by atoms with van der Waals surface area (Å²) in [6, 6.07) is 2.28. The van der Waals surface area contributed by atoms with Crippen molar-refractivity contribution < 1.29 is 9.53 Å². The molecule has 2 aromatic rings. The van der Waals surface area contributed by atoms with Gasteiger partial charge in [-0.3, -0.25) is 9.47 Å². The van der Waals surface area contributed by atoms with Crippen LogP contribution in [0.5, 0.6) is 0 Å². The molecule has 3 heterocycles. The van der Waals surface area contributed by atoms with Gasteiger partial charge in [-0.15, -0.1) is 0 Å². The number of aromatic nitrogens is 4. The molecule has 1 saturated heterocycles. The quantitative estimate of drug-likeness (QED) is 0.868. The summed E-state index contributed by atoms with van der Waals surface area (Å²) in [5.41, 5.74) is 1.46. The molecule has 0 radical (unpaired) electrons. The Morgan fingerprint density at radius 3 is 2.89 bits per heavy atom. The maximum Gasteiger partial charge on any atom is 0.407 e. The van der Waals surface area contributed by atoms with Crippen molar-refractivity contribution in [1.29, 1.82) is 0 Å². The number of carbonyl (C=O) groups is 1. The van der Waals surface area contributed by atoms with Crippen molar-refractivity contribution in [2.45, 2.75) is 52.2 Å². The van der Waals surface area contributed by atoms with E-state index in [2.05, 4.69) is 20.2 Å². The van der Waals surface area contributed by atoms with Crippen LogP contribution in [0.2, 0.25) is 0 Å². The van der Waals surface area contributed by atoms with Gasteiger partial charge in [-0.1, -0.05) is 0 Å². The lowest BCUT2D eigenvalue weighted by molar-refractivity contribution is 0.0521. The normalized spacial score (nSPS) is 17.9. The van der Waals surface area contributed by atoms with E-state index in [1.165, 1.54) is 0 Å². The number of hydrogen-bond donors (Lipinski definition) is 1. The molecule has 1 N–H and O–H groups in total. The number of ether oxygens (including phenoxy) is 1. The Kier molecular flexibility index (Phi) is 5.74. The zero-order chi connectivity index (χ0) is 19.4. The molecule has 1 fully saturated rings. The molecule has 2 aromatic heterocycles. The maximum atomic E-state index is 11.8. The summed E-state index contributed by atoms with van der Waals surface area (Å²) in [7, 11) is 0. The van der Waals surface area contributed by atoms with Crippen LogP contribution in [0, 0.1) is 6.92 Å². The molecule has 0 aromatic carbocycles. The van der Waals surface area contributed by atoms with Gasteiger partial charge in [0.15, 0.2) is 0 Å². The summed E-state index contributed by atoms with van der Waals surface area (Å²) < 4.78 is 7.11. The lowest BCUT2D eigenvalue weighted by Crippen LogP contribution is -2.38. The number of alkyl carbamates (subject to hydrolysis) is 1. The smallest absolute Gasteiger partial charge is 0.407 e. The van der Waals surface area contributed by atoms with Crippen molar-refractivity contribution in [3.63, 3.8) is 0 Å². The van der Waals surface area contributed by atoms with Crippen LogP contribution in [-0.2, 0) is 4.74 Å². The topological polar surface area (TPSA) is 85.2 Å². The molecule has 146 valence electrons. The number of imidazole rings is 1. The monoisotopic (exact) mass is 372 g/mol. The van der Waals surface area contributed by atoms with Gasteiger partial charge in [0.1, 0.15) is 11.9 Å². The van der Waals surface area contributed by atoms with E-state index in [9.17, 15) is 4.79 Å². The minimum atomic E-state index is -0.484. The fourth-order valence-electron chi connectivity index (χ4n) is 3.28. The zero-order valence-electron chi connectivity index (χ0n) is 16.5. The van der Waals surface area contributed by atoms with Gasteiger partial charge >= 0.3 is 6.09 Å². The first-order chi connectivity index (χ1) is 12.8. The summed E-state index contributed by atoms with van der Waals surface area (Å²) >= 11 is 0. The summed E-state index contributed by atoms with van der Waals surface area (Å²) in [6.07, 6.45) is 7.05. The number of rotatable bonds is 5. The Hall–Kier alpha value is -2.48. The molecule has 1 amide bonds. The van der Waals surface area contributed by atoms with Gasteiger partial charge in [-0.05, 0) is 53.1 Å². The molecular formula is C19H28N6O2. The number of aryl methyl sites for hydroxylation is 1. The van der Waals surface area contributed by atoms with Gasteiger partial charge < -0.3 is 10.1 Å². The number of carbonyl (C=O) groups excluding carboxylic acids is 1. The van der Waals surface area contributed by atoms with Gasteiger partial charge in [-0.25, -0.2) is 19.7 Å². The molecule has 8 nitrogen and oxygen atoms in total. The van der Waals surface area contributed by atoms with E-state index >= 15 is 0 Å². The van der Waals surface area contributed by atoms with Crippen molar-refractivity contribution in [2.75, 3.05) is 19.6 Å². The minimum absolute atomic E-state index is 0.231. The highest BCUT2D eigenvalue weighted by molar-refractivity contribution is 5.67. The van der Waals surface area contributed by atoms with E-state index in [0.717, 1.165) is 37.3 Å². The Morgan fingerprint density at radius 2 is 2.19 bits per heavy atom. The van der Waals surface area contributed by atoms with E-state index in [1.54, 1.807) is 12.5 Å². The van der Waals surface area contributed by atoms with Crippen LogP contribution in [0.4, 0.5) is 4.79 Å². The Morgan fingerprint density at radius 1 is 1.37 bits per heavy atom. The molecule has 1 aliphatic rings. The molecule has 27 heavy (non-hydrogen) atoms. The van der Waals surface area contributed by atoms with Crippen molar-refractivity contribution in [3.05, 3.63) is 36.2 Å². The van der Waals surface area contributed by atoms with E-state index in [4.69, 9.17) is 9.72 Å². The average Bonchev–Trinajstić information content (AvgIpc) is 3.24. The number of likely N-dealkylation sites (tertiary alicyclic amines) is 1. The maximum absolute atomic E-state index is 11.8. The van der Waals surface area contributed by atoms with Gasteiger partial charge in [0.2, 0.25) is 5.95 Å². The van der Waals surface area contributed by atoms with E-state index in [1.807, 2.05) is 44.5 Å². The molecule has 1 aliphatic heterocycles. The third-order valence-electron chi connectivity index (χ3n) is 4.37. The second-order valence-electron chi connectivity index (χ2n) is 7.83. The van der Waals surface area contributed by atoms with Crippen LogP contribution in [0.3, 0.4) is 0 Å². The van der Waals surface area contributed by atoms with Crippen LogP contribution >= 0.6 is 0 Å². The zero-order valence-corrected chi connectivity index (χ0v) is 16.5. The highest BCUT2D eigenvalue weighted by Crippen LogP contribution is 2.30. The van der Waals surface area contributed by atoms with E-state index < -0.39 is 5.60 Å².